The quantitative estimate of drug-likeness (QED) is 0.782. The molecular formula is C10H16ClN3. The van der Waals surface area contributed by atoms with Crippen molar-refractivity contribution in [3.63, 3.8) is 0 Å². The van der Waals surface area contributed by atoms with Crippen LogP contribution in [0.25, 0.3) is 0 Å². The van der Waals surface area contributed by atoms with Crippen molar-refractivity contribution < 1.29 is 0 Å². The van der Waals surface area contributed by atoms with E-state index >= 15 is 0 Å². The average Bonchev–Trinajstić information content (AvgIpc) is 2.01. The molecule has 1 rings (SSSR count). The molecule has 1 atom stereocenters. The van der Waals surface area contributed by atoms with Crippen LogP contribution < -0.4 is 5.32 Å². The van der Waals surface area contributed by atoms with Gasteiger partial charge in [0, 0.05) is 12.1 Å². The Morgan fingerprint density at radius 2 is 2.21 bits per heavy atom. The van der Waals surface area contributed by atoms with E-state index in [1.165, 1.54) is 0 Å². The van der Waals surface area contributed by atoms with Crippen LogP contribution in [-0.2, 0) is 0 Å². The van der Waals surface area contributed by atoms with Gasteiger partial charge in [0.2, 0.25) is 0 Å². The molecule has 1 N–H and O–H groups in total. The summed E-state index contributed by atoms with van der Waals surface area (Å²) in [6.45, 7) is 6.13. The number of aromatic nitrogens is 2. The Bertz CT molecular complexity index is 281. The number of nitrogens with one attached hydrogen (secondary N) is 1. The highest BCUT2D eigenvalue weighted by molar-refractivity contribution is 6.29. The van der Waals surface area contributed by atoms with Gasteiger partial charge in [0.15, 0.2) is 0 Å². The zero-order valence-corrected chi connectivity index (χ0v) is 9.60. The normalized spacial score (nSPS) is 12.6. The van der Waals surface area contributed by atoms with Crippen molar-refractivity contribution in [2.24, 2.45) is 0 Å². The fraction of sp³-hybridized carbons (Fsp3) is 0.600. The minimum atomic E-state index is 0.422. The molecule has 14 heavy (non-hydrogen) atoms. The van der Waals surface area contributed by atoms with E-state index in [4.69, 9.17) is 11.6 Å². The smallest absolute Gasteiger partial charge is 0.134 e. The van der Waals surface area contributed by atoms with Crippen molar-refractivity contribution in [1.29, 1.82) is 0 Å². The predicted octanol–water partition coefficient (Wildman–Crippen LogP) is 3.04. The van der Waals surface area contributed by atoms with Crippen LogP contribution in [0, 0.1) is 6.92 Å². The highest BCUT2D eigenvalue weighted by atomic mass is 35.5. The SMILES string of the molecule is CCCC(C)Nc1cc(Cl)nc(C)n1. The highest BCUT2D eigenvalue weighted by Gasteiger charge is 2.03. The maximum atomic E-state index is 5.82. The van der Waals surface area contributed by atoms with E-state index in [1.54, 1.807) is 6.07 Å². The molecule has 0 amide bonds. The third-order valence-electron chi connectivity index (χ3n) is 1.92. The van der Waals surface area contributed by atoms with Crippen molar-refractivity contribution in [2.45, 2.75) is 39.7 Å². The van der Waals surface area contributed by atoms with Crippen LogP contribution in [0.4, 0.5) is 5.82 Å². The molecule has 0 saturated carbocycles. The molecule has 0 aliphatic carbocycles. The largest absolute Gasteiger partial charge is 0.367 e. The van der Waals surface area contributed by atoms with Gasteiger partial charge in [-0.1, -0.05) is 24.9 Å². The van der Waals surface area contributed by atoms with Crippen molar-refractivity contribution in [1.82, 2.24) is 9.97 Å². The Morgan fingerprint density at radius 3 is 2.79 bits per heavy atom. The second kappa shape index (κ2) is 5.15. The number of nitrogens with zero attached hydrogens (tertiary/aromatic N) is 2. The summed E-state index contributed by atoms with van der Waals surface area (Å²) in [6.07, 6.45) is 2.28. The zero-order valence-electron chi connectivity index (χ0n) is 8.84. The summed E-state index contributed by atoms with van der Waals surface area (Å²) in [4.78, 5) is 8.25. The number of hydrogen-bond acceptors (Lipinski definition) is 3. The third-order valence-corrected chi connectivity index (χ3v) is 2.12. The molecule has 3 nitrogen and oxygen atoms in total. The first-order valence-corrected chi connectivity index (χ1v) is 5.27. The monoisotopic (exact) mass is 213 g/mol. The molecule has 0 aliphatic heterocycles. The number of aryl methyl sites for hydroxylation is 1. The van der Waals surface area contributed by atoms with Gasteiger partial charge < -0.3 is 5.32 Å². The minimum absolute atomic E-state index is 0.422. The summed E-state index contributed by atoms with van der Waals surface area (Å²) < 4.78 is 0. The van der Waals surface area contributed by atoms with Gasteiger partial charge in [-0.15, -0.1) is 0 Å². The Hall–Kier alpha value is -0.830. The van der Waals surface area contributed by atoms with Gasteiger partial charge in [0.05, 0.1) is 0 Å². The molecule has 0 aromatic carbocycles. The van der Waals surface area contributed by atoms with Gasteiger partial charge in [-0.25, -0.2) is 9.97 Å². The summed E-state index contributed by atoms with van der Waals surface area (Å²) in [5.41, 5.74) is 0. The van der Waals surface area contributed by atoms with Crippen molar-refractivity contribution >= 4 is 17.4 Å². The van der Waals surface area contributed by atoms with Gasteiger partial charge in [-0.05, 0) is 20.3 Å². The number of halogens is 1. The molecule has 0 aliphatic rings. The first-order chi connectivity index (χ1) is 6.61. The van der Waals surface area contributed by atoms with Gasteiger partial charge in [-0.3, -0.25) is 0 Å². The molecule has 1 aromatic rings. The van der Waals surface area contributed by atoms with E-state index in [2.05, 4.69) is 29.1 Å². The Labute approximate surface area is 89.9 Å². The summed E-state index contributed by atoms with van der Waals surface area (Å²) in [5, 5.41) is 3.78. The van der Waals surface area contributed by atoms with Gasteiger partial charge >= 0.3 is 0 Å². The van der Waals surface area contributed by atoms with Crippen molar-refractivity contribution in [2.75, 3.05) is 5.32 Å². The van der Waals surface area contributed by atoms with E-state index < -0.39 is 0 Å². The van der Waals surface area contributed by atoms with Crippen LogP contribution in [0.5, 0.6) is 0 Å². The lowest BCUT2D eigenvalue weighted by Crippen LogP contribution is -2.15. The Morgan fingerprint density at radius 1 is 1.50 bits per heavy atom. The van der Waals surface area contributed by atoms with Crippen LogP contribution >= 0.6 is 11.6 Å². The molecule has 78 valence electrons. The van der Waals surface area contributed by atoms with E-state index in [9.17, 15) is 0 Å². The van der Waals surface area contributed by atoms with Crippen LogP contribution in [0.3, 0.4) is 0 Å². The highest BCUT2D eigenvalue weighted by Crippen LogP contribution is 2.13. The lowest BCUT2D eigenvalue weighted by molar-refractivity contribution is 0.686. The maximum Gasteiger partial charge on any atom is 0.134 e. The summed E-state index contributed by atoms with van der Waals surface area (Å²) in [7, 11) is 0. The first-order valence-electron chi connectivity index (χ1n) is 4.89. The first kappa shape index (κ1) is 11.2. The second-order valence-electron chi connectivity index (χ2n) is 3.46. The molecule has 1 unspecified atom stereocenters. The molecule has 1 aromatic heterocycles. The zero-order chi connectivity index (χ0) is 10.6. The fourth-order valence-corrected chi connectivity index (χ4v) is 1.59. The standard InChI is InChI=1S/C10H16ClN3/c1-4-5-7(2)12-10-6-9(11)13-8(3)14-10/h6-7H,4-5H2,1-3H3,(H,12,13,14). The van der Waals surface area contributed by atoms with Crippen molar-refractivity contribution in [3.8, 4) is 0 Å². The Balaban J connectivity index is 2.66. The summed E-state index contributed by atoms with van der Waals surface area (Å²) in [5.74, 6) is 1.51. The molecule has 0 bridgehead atoms. The second-order valence-corrected chi connectivity index (χ2v) is 3.84. The van der Waals surface area contributed by atoms with Gasteiger partial charge in [0.1, 0.15) is 16.8 Å². The van der Waals surface area contributed by atoms with E-state index in [-0.39, 0.29) is 0 Å². The molecule has 0 spiro atoms. The van der Waals surface area contributed by atoms with E-state index in [0.29, 0.717) is 17.0 Å². The number of hydrogen-bond donors (Lipinski definition) is 1. The Kier molecular flexibility index (Phi) is 4.14. The minimum Gasteiger partial charge on any atom is -0.367 e. The molecule has 4 heteroatoms. The topological polar surface area (TPSA) is 37.8 Å². The number of anilines is 1. The van der Waals surface area contributed by atoms with Gasteiger partial charge in [-0.2, -0.15) is 0 Å². The maximum absolute atomic E-state index is 5.82. The van der Waals surface area contributed by atoms with Crippen molar-refractivity contribution in [3.05, 3.63) is 17.0 Å². The fourth-order valence-electron chi connectivity index (χ4n) is 1.36. The molecule has 0 saturated heterocycles. The van der Waals surface area contributed by atoms with E-state index in [1.807, 2.05) is 6.92 Å². The van der Waals surface area contributed by atoms with Crippen LogP contribution in [0.15, 0.2) is 6.07 Å². The molecule has 0 radical (unpaired) electrons. The molecule has 1 heterocycles. The van der Waals surface area contributed by atoms with Crippen LogP contribution in [0.1, 0.15) is 32.5 Å². The average molecular weight is 214 g/mol. The van der Waals surface area contributed by atoms with Crippen LogP contribution in [0.2, 0.25) is 5.15 Å². The lowest BCUT2D eigenvalue weighted by Gasteiger charge is -2.13. The van der Waals surface area contributed by atoms with Crippen LogP contribution in [-0.4, -0.2) is 16.0 Å². The van der Waals surface area contributed by atoms with Gasteiger partial charge in [0.25, 0.3) is 0 Å². The molecular weight excluding hydrogens is 198 g/mol. The van der Waals surface area contributed by atoms with E-state index in [0.717, 1.165) is 18.7 Å². The predicted molar refractivity (Wildman–Crippen MR) is 59.8 cm³/mol. The third kappa shape index (κ3) is 3.50. The molecule has 0 fully saturated rings. The summed E-state index contributed by atoms with van der Waals surface area (Å²) >= 11 is 5.82. The summed E-state index contributed by atoms with van der Waals surface area (Å²) in [6, 6.07) is 2.17. The lowest BCUT2D eigenvalue weighted by atomic mass is 10.2. The number of rotatable bonds is 4.